The fourth-order valence-corrected chi connectivity index (χ4v) is 3.84. The van der Waals surface area contributed by atoms with Crippen LogP contribution in [0.3, 0.4) is 0 Å². The van der Waals surface area contributed by atoms with E-state index in [1.807, 2.05) is 13.8 Å². The highest BCUT2D eigenvalue weighted by Crippen LogP contribution is 2.32. The van der Waals surface area contributed by atoms with E-state index in [0.717, 1.165) is 30.5 Å². The third kappa shape index (κ3) is 6.14. The maximum absolute atomic E-state index is 13.4. The Morgan fingerprint density at radius 1 is 1.11 bits per heavy atom. The fraction of sp³-hybridized carbons (Fsp3) is 0.259. The number of hydrogen-bond donors (Lipinski definition) is 1. The van der Waals surface area contributed by atoms with Gasteiger partial charge in [0.05, 0.1) is 30.8 Å². The van der Waals surface area contributed by atoms with Gasteiger partial charge in [-0.1, -0.05) is 24.6 Å². The molecule has 0 aliphatic rings. The van der Waals surface area contributed by atoms with Crippen LogP contribution in [0.4, 0.5) is 18.9 Å². The number of halogens is 3. The van der Waals surface area contributed by atoms with Gasteiger partial charge in [0, 0.05) is 23.0 Å². The highest BCUT2D eigenvalue weighted by atomic mass is 19.4. The first-order valence-corrected chi connectivity index (χ1v) is 11.7. The Hall–Kier alpha value is -4.21. The van der Waals surface area contributed by atoms with E-state index in [4.69, 9.17) is 4.74 Å². The van der Waals surface area contributed by atoms with Gasteiger partial charge < -0.3 is 10.1 Å². The SMILES string of the molecule is CCCCc1cc(NC(=O)c2ccc(C)c(-n3cc(-c4cncc(OC)c4)nn3)c2)cc(C(F)(F)F)c1. The number of hydrogen-bond acceptors (Lipinski definition) is 5. The average molecular weight is 510 g/mol. The molecule has 7 nitrogen and oxygen atoms in total. The van der Waals surface area contributed by atoms with Crippen LogP contribution in [0, 0.1) is 6.92 Å². The Bertz CT molecular complexity index is 1420. The van der Waals surface area contributed by atoms with Crippen molar-refractivity contribution in [1.29, 1.82) is 0 Å². The number of anilines is 1. The first-order chi connectivity index (χ1) is 17.7. The molecule has 4 aromatic rings. The zero-order chi connectivity index (χ0) is 26.6. The lowest BCUT2D eigenvalue weighted by atomic mass is 10.0. The number of benzene rings is 2. The number of carbonyl (C=O) groups excluding carboxylic acids is 1. The number of ether oxygens (including phenoxy) is 1. The van der Waals surface area contributed by atoms with Crippen molar-refractivity contribution in [3.05, 3.63) is 83.3 Å². The number of alkyl halides is 3. The van der Waals surface area contributed by atoms with E-state index in [0.29, 0.717) is 34.7 Å². The summed E-state index contributed by atoms with van der Waals surface area (Å²) in [5, 5.41) is 11.0. The van der Waals surface area contributed by atoms with Crippen LogP contribution in [0.2, 0.25) is 0 Å². The van der Waals surface area contributed by atoms with Crippen LogP contribution in [0.15, 0.2) is 61.1 Å². The van der Waals surface area contributed by atoms with Crippen LogP contribution in [-0.2, 0) is 12.6 Å². The highest BCUT2D eigenvalue weighted by molar-refractivity contribution is 6.04. The van der Waals surface area contributed by atoms with E-state index in [1.165, 1.54) is 4.68 Å². The molecule has 0 saturated heterocycles. The van der Waals surface area contributed by atoms with Crippen LogP contribution in [0.25, 0.3) is 16.9 Å². The molecule has 2 aromatic heterocycles. The highest BCUT2D eigenvalue weighted by Gasteiger charge is 2.31. The van der Waals surface area contributed by atoms with Crippen molar-refractivity contribution in [2.75, 3.05) is 12.4 Å². The standard InChI is InChI=1S/C27H26F3N5O2/c1-4-5-6-18-9-21(27(28,29)30)13-22(10-18)32-26(36)19-8-7-17(2)25(12-19)35-16-24(33-34-35)20-11-23(37-3)15-31-14-20/h7-16H,4-6H2,1-3H3,(H,32,36). The Morgan fingerprint density at radius 2 is 1.92 bits per heavy atom. The van der Waals surface area contributed by atoms with Crippen molar-refractivity contribution >= 4 is 11.6 Å². The molecule has 0 spiro atoms. The molecule has 1 amide bonds. The number of unbranched alkanes of at least 4 members (excludes halogenated alkanes) is 1. The molecule has 0 unspecified atom stereocenters. The van der Waals surface area contributed by atoms with Crippen LogP contribution in [0.5, 0.6) is 5.75 Å². The minimum atomic E-state index is -4.51. The Labute approximate surface area is 212 Å². The van der Waals surface area contributed by atoms with Crippen LogP contribution in [0.1, 0.15) is 46.8 Å². The molecule has 2 aromatic carbocycles. The number of rotatable bonds is 8. The van der Waals surface area contributed by atoms with E-state index in [1.54, 1.807) is 56.0 Å². The zero-order valence-electron chi connectivity index (χ0n) is 20.6. The van der Waals surface area contributed by atoms with Gasteiger partial charge in [-0.3, -0.25) is 9.78 Å². The quantitative estimate of drug-likeness (QED) is 0.303. The molecule has 0 aliphatic heterocycles. The van der Waals surface area contributed by atoms with E-state index < -0.39 is 17.6 Å². The topological polar surface area (TPSA) is 81.9 Å². The summed E-state index contributed by atoms with van der Waals surface area (Å²) in [4.78, 5) is 17.2. The van der Waals surface area contributed by atoms with Crippen molar-refractivity contribution in [1.82, 2.24) is 20.0 Å². The smallest absolute Gasteiger partial charge is 0.416 e. The molecular weight excluding hydrogens is 483 g/mol. The van der Waals surface area contributed by atoms with Crippen molar-refractivity contribution in [2.24, 2.45) is 0 Å². The maximum atomic E-state index is 13.4. The fourth-order valence-electron chi connectivity index (χ4n) is 3.84. The molecule has 4 rings (SSSR count). The molecule has 0 aliphatic carbocycles. The molecule has 1 N–H and O–H groups in total. The molecule has 0 saturated carbocycles. The number of nitrogens with zero attached hydrogens (tertiary/aromatic N) is 4. The van der Waals surface area contributed by atoms with E-state index in [-0.39, 0.29) is 11.3 Å². The van der Waals surface area contributed by atoms with Gasteiger partial charge in [0.25, 0.3) is 5.91 Å². The second-order valence-electron chi connectivity index (χ2n) is 8.64. The normalized spacial score (nSPS) is 11.4. The van der Waals surface area contributed by atoms with Gasteiger partial charge in [-0.05, 0) is 67.3 Å². The van der Waals surface area contributed by atoms with E-state index in [2.05, 4.69) is 20.6 Å². The molecule has 0 atom stereocenters. The lowest BCUT2D eigenvalue weighted by molar-refractivity contribution is -0.137. The van der Waals surface area contributed by atoms with Gasteiger partial charge in [0.15, 0.2) is 0 Å². The summed E-state index contributed by atoms with van der Waals surface area (Å²) in [6, 6.07) is 10.4. The summed E-state index contributed by atoms with van der Waals surface area (Å²) in [5.41, 5.74) is 2.81. The molecule has 0 bridgehead atoms. The zero-order valence-corrected chi connectivity index (χ0v) is 20.6. The first-order valence-electron chi connectivity index (χ1n) is 11.7. The Morgan fingerprint density at radius 3 is 2.65 bits per heavy atom. The van der Waals surface area contributed by atoms with Crippen LogP contribution >= 0.6 is 0 Å². The monoisotopic (exact) mass is 509 g/mol. The van der Waals surface area contributed by atoms with Crippen molar-refractivity contribution in [3.63, 3.8) is 0 Å². The number of pyridine rings is 1. The van der Waals surface area contributed by atoms with Crippen molar-refractivity contribution < 1.29 is 22.7 Å². The molecule has 192 valence electrons. The van der Waals surface area contributed by atoms with Gasteiger partial charge in [-0.2, -0.15) is 13.2 Å². The van der Waals surface area contributed by atoms with Gasteiger partial charge >= 0.3 is 6.18 Å². The number of aromatic nitrogens is 4. The summed E-state index contributed by atoms with van der Waals surface area (Å²) in [6.45, 7) is 3.83. The second kappa shape index (κ2) is 10.8. The molecular formula is C27H26F3N5O2. The van der Waals surface area contributed by atoms with E-state index in [9.17, 15) is 18.0 Å². The molecule has 10 heteroatoms. The molecule has 37 heavy (non-hydrogen) atoms. The Balaban J connectivity index is 1.61. The second-order valence-corrected chi connectivity index (χ2v) is 8.64. The number of methoxy groups -OCH3 is 1. The predicted molar refractivity (Wildman–Crippen MR) is 134 cm³/mol. The minimum Gasteiger partial charge on any atom is -0.495 e. The Kier molecular flexibility index (Phi) is 7.56. The van der Waals surface area contributed by atoms with Crippen molar-refractivity contribution in [3.8, 4) is 22.7 Å². The molecule has 0 fully saturated rings. The summed E-state index contributed by atoms with van der Waals surface area (Å²) in [7, 11) is 1.54. The summed E-state index contributed by atoms with van der Waals surface area (Å²) < 4.78 is 47.1. The predicted octanol–water partition coefficient (Wildman–Crippen LogP) is 6.26. The maximum Gasteiger partial charge on any atom is 0.416 e. The average Bonchev–Trinajstić information content (AvgIpc) is 3.37. The van der Waals surface area contributed by atoms with Gasteiger partial charge in [-0.15, -0.1) is 5.10 Å². The lowest BCUT2D eigenvalue weighted by Crippen LogP contribution is -2.14. The number of aryl methyl sites for hydroxylation is 2. The number of amides is 1. The lowest BCUT2D eigenvalue weighted by Gasteiger charge is -2.14. The minimum absolute atomic E-state index is 0.0987. The van der Waals surface area contributed by atoms with Crippen LogP contribution < -0.4 is 10.1 Å². The van der Waals surface area contributed by atoms with Crippen LogP contribution in [-0.4, -0.2) is 33.0 Å². The number of carbonyl (C=O) groups is 1. The third-order valence-electron chi connectivity index (χ3n) is 5.85. The third-order valence-corrected chi connectivity index (χ3v) is 5.85. The van der Waals surface area contributed by atoms with E-state index >= 15 is 0 Å². The van der Waals surface area contributed by atoms with Crippen molar-refractivity contribution in [2.45, 2.75) is 39.3 Å². The molecule has 2 heterocycles. The van der Waals surface area contributed by atoms with Gasteiger partial charge in [0.1, 0.15) is 11.4 Å². The van der Waals surface area contributed by atoms with Gasteiger partial charge in [0.2, 0.25) is 0 Å². The summed E-state index contributed by atoms with van der Waals surface area (Å²) in [6.07, 6.45) is 2.50. The largest absolute Gasteiger partial charge is 0.495 e. The first kappa shape index (κ1) is 25.9. The number of nitrogens with one attached hydrogen (secondary N) is 1. The van der Waals surface area contributed by atoms with Gasteiger partial charge in [-0.25, -0.2) is 4.68 Å². The molecule has 0 radical (unpaired) electrons. The summed E-state index contributed by atoms with van der Waals surface area (Å²) in [5.74, 6) is 0.0497. The summed E-state index contributed by atoms with van der Waals surface area (Å²) >= 11 is 0.